The number of hydrogen-bond acceptors (Lipinski definition) is 5. The van der Waals surface area contributed by atoms with E-state index in [1.165, 1.54) is 6.07 Å². The number of rotatable bonds is 4. The maximum Gasteiger partial charge on any atom is 0.354 e. The van der Waals surface area contributed by atoms with Gasteiger partial charge in [0.25, 0.3) is 0 Å². The van der Waals surface area contributed by atoms with Crippen molar-refractivity contribution >= 4 is 22.8 Å². The van der Waals surface area contributed by atoms with Gasteiger partial charge in [0.2, 0.25) is 0 Å². The second-order valence-electron chi connectivity index (χ2n) is 4.22. The summed E-state index contributed by atoms with van der Waals surface area (Å²) in [5.74, 6) is -1.20. The highest BCUT2D eigenvalue weighted by Crippen LogP contribution is 2.16. The SMILES string of the molecule is CCOC(=O)c1cc(=O)c2cccc(C(=O)OCC)c2[nH]1. The van der Waals surface area contributed by atoms with Crippen molar-refractivity contribution in [2.45, 2.75) is 13.8 Å². The van der Waals surface area contributed by atoms with Gasteiger partial charge in [-0.05, 0) is 26.0 Å². The summed E-state index contributed by atoms with van der Waals surface area (Å²) in [5.41, 5.74) is 0.119. The number of aromatic amines is 1. The Morgan fingerprint density at radius 2 is 1.76 bits per heavy atom. The predicted molar refractivity (Wildman–Crippen MR) is 76.5 cm³/mol. The Labute approximate surface area is 120 Å². The summed E-state index contributed by atoms with van der Waals surface area (Å²) in [4.78, 5) is 38.5. The van der Waals surface area contributed by atoms with Crippen molar-refractivity contribution < 1.29 is 19.1 Å². The first-order valence-corrected chi connectivity index (χ1v) is 6.58. The van der Waals surface area contributed by atoms with Crippen LogP contribution in [0.1, 0.15) is 34.7 Å². The van der Waals surface area contributed by atoms with Gasteiger partial charge < -0.3 is 14.5 Å². The lowest BCUT2D eigenvalue weighted by molar-refractivity contribution is 0.0510. The van der Waals surface area contributed by atoms with Gasteiger partial charge in [0.1, 0.15) is 5.69 Å². The number of fused-ring (bicyclic) bond motifs is 1. The summed E-state index contributed by atoms with van der Waals surface area (Å²) >= 11 is 0. The van der Waals surface area contributed by atoms with E-state index in [1.807, 2.05) is 0 Å². The Kier molecular flexibility index (Phi) is 4.37. The number of carbonyl (C=O) groups is 2. The van der Waals surface area contributed by atoms with Gasteiger partial charge in [0, 0.05) is 11.5 Å². The van der Waals surface area contributed by atoms with Crippen LogP contribution in [0.3, 0.4) is 0 Å². The van der Waals surface area contributed by atoms with Gasteiger partial charge >= 0.3 is 11.9 Å². The van der Waals surface area contributed by atoms with Crippen LogP contribution >= 0.6 is 0 Å². The first-order valence-electron chi connectivity index (χ1n) is 6.58. The van der Waals surface area contributed by atoms with Gasteiger partial charge in [0.15, 0.2) is 5.43 Å². The van der Waals surface area contributed by atoms with Gasteiger partial charge in [-0.2, -0.15) is 0 Å². The fourth-order valence-electron chi connectivity index (χ4n) is 1.97. The van der Waals surface area contributed by atoms with Gasteiger partial charge in [0.05, 0.1) is 24.3 Å². The van der Waals surface area contributed by atoms with Crippen LogP contribution in [-0.4, -0.2) is 30.1 Å². The van der Waals surface area contributed by atoms with Gasteiger partial charge in [-0.25, -0.2) is 9.59 Å². The molecule has 6 heteroatoms. The smallest absolute Gasteiger partial charge is 0.354 e. The van der Waals surface area contributed by atoms with Crippen LogP contribution in [0.15, 0.2) is 29.1 Å². The average molecular weight is 289 g/mol. The molecule has 0 atom stereocenters. The van der Waals surface area contributed by atoms with E-state index >= 15 is 0 Å². The third kappa shape index (κ3) is 2.94. The molecule has 0 aliphatic rings. The van der Waals surface area contributed by atoms with Crippen LogP contribution in [0.5, 0.6) is 0 Å². The highest BCUT2D eigenvalue weighted by molar-refractivity contribution is 6.03. The molecule has 0 bridgehead atoms. The molecule has 0 saturated heterocycles. The molecule has 0 spiro atoms. The van der Waals surface area contributed by atoms with Crippen molar-refractivity contribution in [3.05, 3.63) is 45.7 Å². The molecule has 2 rings (SSSR count). The molecule has 0 aliphatic heterocycles. The fourth-order valence-corrected chi connectivity index (χ4v) is 1.97. The third-order valence-corrected chi connectivity index (χ3v) is 2.86. The molecule has 110 valence electrons. The van der Waals surface area contributed by atoms with E-state index in [-0.39, 0.29) is 35.4 Å². The normalized spacial score (nSPS) is 10.4. The van der Waals surface area contributed by atoms with Crippen LogP contribution in [0.4, 0.5) is 0 Å². The first-order chi connectivity index (χ1) is 10.1. The van der Waals surface area contributed by atoms with Crippen molar-refractivity contribution in [2.75, 3.05) is 13.2 Å². The molecular weight excluding hydrogens is 274 g/mol. The van der Waals surface area contributed by atoms with Crippen LogP contribution in [0.2, 0.25) is 0 Å². The summed E-state index contributed by atoms with van der Waals surface area (Å²) in [6.07, 6.45) is 0. The molecule has 0 radical (unpaired) electrons. The number of nitrogens with one attached hydrogen (secondary N) is 1. The fraction of sp³-hybridized carbons (Fsp3) is 0.267. The first kappa shape index (κ1) is 14.8. The highest BCUT2D eigenvalue weighted by atomic mass is 16.5. The minimum absolute atomic E-state index is 0.00565. The molecule has 0 saturated carbocycles. The Morgan fingerprint density at radius 3 is 2.43 bits per heavy atom. The number of benzene rings is 1. The molecule has 1 heterocycles. The zero-order chi connectivity index (χ0) is 15.4. The standard InChI is InChI=1S/C15H15NO5/c1-3-20-14(18)10-7-5-6-9-12(17)8-11(16-13(9)10)15(19)21-4-2/h5-8H,3-4H2,1-2H3,(H,16,17). The third-order valence-electron chi connectivity index (χ3n) is 2.86. The molecule has 1 aromatic heterocycles. The minimum atomic E-state index is -0.643. The van der Waals surface area contributed by atoms with Gasteiger partial charge in [-0.3, -0.25) is 4.79 Å². The van der Waals surface area contributed by atoms with Crippen molar-refractivity contribution in [3.8, 4) is 0 Å². The zero-order valence-electron chi connectivity index (χ0n) is 11.8. The summed E-state index contributed by atoms with van der Waals surface area (Å²) < 4.78 is 9.80. The Hall–Kier alpha value is -2.63. The number of pyridine rings is 1. The van der Waals surface area contributed by atoms with Gasteiger partial charge in [-0.1, -0.05) is 6.07 Å². The molecular formula is C15H15NO5. The Bertz CT molecular complexity index is 747. The highest BCUT2D eigenvalue weighted by Gasteiger charge is 2.16. The van der Waals surface area contributed by atoms with E-state index in [2.05, 4.69) is 4.98 Å². The number of para-hydroxylation sites is 1. The summed E-state index contributed by atoms with van der Waals surface area (Å²) in [6.45, 7) is 3.77. The number of esters is 2. The number of hydrogen-bond donors (Lipinski definition) is 1. The average Bonchev–Trinajstić information content (AvgIpc) is 2.47. The summed E-state index contributed by atoms with van der Waals surface area (Å²) in [6, 6.07) is 5.86. The van der Waals surface area contributed by atoms with Crippen molar-refractivity contribution in [1.29, 1.82) is 0 Å². The van der Waals surface area contributed by atoms with E-state index < -0.39 is 11.9 Å². The molecule has 1 N–H and O–H groups in total. The lowest BCUT2D eigenvalue weighted by Crippen LogP contribution is -2.15. The van der Waals surface area contributed by atoms with Crippen LogP contribution < -0.4 is 5.43 Å². The lowest BCUT2D eigenvalue weighted by atomic mass is 10.1. The number of carbonyl (C=O) groups excluding carboxylic acids is 2. The molecule has 1 aromatic carbocycles. The Balaban J connectivity index is 2.64. The zero-order valence-corrected chi connectivity index (χ0v) is 11.8. The molecule has 0 unspecified atom stereocenters. The second kappa shape index (κ2) is 6.21. The minimum Gasteiger partial charge on any atom is -0.462 e. The van der Waals surface area contributed by atoms with Crippen LogP contribution in [-0.2, 0) is 9.47 Å². The number of ether oxygens (including phenoxy) is 2. The van der Waals surface area contributed by atoms with Crippen molar-refractivity contribution in [1.82, 2.24) is 4.98 Å². The maximum absolute atomic E-state index is 12.1. The molecule has 0 fully saturated rings. The largest absolute Gasteiger partial charge is 0.462 e. The number of aromatic nitrogens is 1. The van der Waals surface area contributed by atoms with Gasteiger partial charge in [-0.15, -0.1) is 0 Å². The van der Waals surface area contributed by atoms with Crippen LogP contribution in [0.25, 0.3) is 10.9 Å². The second-order valence-corrected chi connectivity index (χ2v) is 4.22. The summed E-state index contributed by atoms with van der Waals surface area (Å²) in [5, 5.41) is 0.314. The van der Waals surface area contributed by atoms with E-state index in [9.17, 15) is 14.4 Å². The predicted octanol–water partition coefficient (Wildman–Crippen LogP) is 1.88. The van der Waals surface area contributed by atoms with E-state index in [0.29, 0.717) is 5.39 Å². The molecule has 0 aliphatic carbocycles. The van der Waals surface area contributed by atoms with E-state index in [1.54, 1.807) is 26.0 Å². The monoisotopic (exact) mass is 289 g/mol. The van der Waals surface area contributed by atoms with Crippen molar-refractivity contribution in [3.63, 3.8) is 0 Å². The molecule has 2 aromatic rings. The quantitative estimate of drug-likeness (QED) is 0.869. The lowest BCUT2D eigenvalue weighted by Gasteiger charge is -2.08. The van der Waals surface area contributed by atoms with Crippen LogP contribution in [0, 0.1) is 0 Å². The molecule has 21 heavy (non-hydrogen) atoms. The number of H-pyrrole nitrogens is 1. The van der Waals surface area contributed by atoms with Crippen molar-refractivity contribution in [2.24, 2.45) is 0 Å². The maximum atomic E-state index is 12.1. The topological polar surface area (TPSA) is 85.5 Å². The molecule has 0 amide bonds. The Morgan fingerprint density at radius 1 is 1.10 bits per heavy atom. The van der Waals surface area contributed by atoms with E-state index in [0.717, 1.165) is 6.07 Å². The summed E-state index contributed by atoms with van der Waals surface area (Å²) in [7, 11) is 0. The molecule has 6 nitrogen and oxygen atoms in total. The van der Waals surface area contributed by atoms with E-state index in [4.69, 9.17) is 9.47 Å².